The van der Waals surface area contributed by atoms with Crippen molar-refractivity contribution in [3.8, 4) is 11.3 Å². The predicted molar refractivity (Wildman–Crippen MR) is 146 cm³/mol. The Morgan fingerprint density at radius 3 is 2.85 bits per heavy atom. The number of nitrogens with zero attached hydrogens (tertiary/aromatic N) is 4. The number of likely N-dealkylation sites (tertiary alicyclic amines) is 1. The molecule has 0 amide bonds. The van der Waals surface area contributed by atoms with Crippen molar-refractivity contribution in [2.24, 2.45) is 5.92 Å². The van der Waals surface area contributed by atoms with E-state index in [0.29, 0.717) is 10.9 Å². The minimum atomic E-state index is 0.582. The second-order valence-corrected chi connectivity index (χ2v) is 10.3. The van der Waals surface area contributed by atoms with Gasteiger partial charge in [-0.3, -0.25) is 4.90 Å². The van der Waals surface area contributed by atoms with Crippen molar-refractivity contribution < 1.29 is 0 Å². The molecule has 1 atom stereocenters. The fourth-order valence-corrected chi connectivity index (χ4v) is 5.63. The summed E-state index contributed by atoms with van der Waals surface area (Å²) in [5, 5.41) is 8.97. The van der Waals surface area contributed by atoms with Crippen molar-refractivity contribution >= 4 is 48.1 Å². The van der Waals surface area contributed by atoms with E-state index in [-0.39, 0.29) is 0 Å². The van der Waals surface area contributed by atoms with Gasteiger partial charge >= 0.3 is 0 Å². The first-order valence-electron chi connectivity index (χ1n) is 11.8. The molecule has 1 saturated heterocycles. The molecule has 1 aliphatic heterocycles. The van der Waals surface area contributed by atoms with Crippen LogP contribution in [0.15, 0.2) is 65.7 Å². The number of halogens is 1. The van der Waals surface area contributed by atoms with Gasteiger partial charge in [0.25, 0.3) is 0 Å². The lowest BCUT2D eigenvalue weighted by atomic mass is 9.97. The number of aromatic nitrogens is 3. The van der Waals surface area contributed by atoms with Crippen LogP contribution in [0, 0.1) is 5.92 Å². The lowest BCUT2D eigenvalue weighted by Crippen LogP contribution is -2.37. The van der Waals surface area contributed by atoms with Crippen molar-refractivity contribution in [1.29, 1.82) is 0 Å². The molecule has 1 aliphatic rings. The van der Waals surface area contributed by atoms with Crippen molar-refractivity contribution in [3.05, 3.63) is 71.4 Å². The molecule has 0 spiro atoms. The molecule has 1 unspecified atom stereocenters. The average Bonchev–Trinajstić information content (AvgIpc) is 3.24. The Morgan fingerprint density at radius 2 is 2.00 bits per heavy atom. The standard InChI is InChI=1S/C26H29BClN5S/c1-34-24-11-5-2-8-19(24)17-32-12-6-7-18(16-32)14-29-25-13-23(20-9-3-4-10-22(20)28)31-26-21(27)15-30-33(25)26/h2-5,8-11,13,15,18,29H,6-7,12,14,16-17,27H2,1H3. The van der Waals surface area contributed by atoms with Crippen LogP contribution in [0.3, 0.4) is 0 Å². The number of piperidine rings is 1. The van der Waals surface area contributed by atoms with Crippen LogP contribution in [0.25, 0.3) is 16.9 Å². The maximum Gasteiger partial charge on any atom is 0.151 e. The predicted octanol–water partition coefficient (Wildman–Crippen LogP) is 4.35. The van der Waals surface area contributed by atoms with Gasteiger partial charge in [0.1, 0.15) is 13.7 Å². The molecule has 0 aliphatic carbocycles. The molecule has 5 nitrogen and oxygen atoms in total. The quantitative estimate of drug-likeness (QED) is 0.309. The van der Waals surface area contributed by atoms with E-state index in [1.165, 1.54) is 23.3 Å². The van der Waals surface area contributed by atoms with Crippen molar-refractivity contribution in [2.45, 2.75) is 24.3 Å². The molecule has 0 bridgehead atoms. The summed E-state index contributed by atoms with van der Waals surface area (Å²) >= 11 is 8.32. The number of rotatable bonds is 7. The second kappa shape index (κ2) is 10.4. The Kier molecular flexibility index (Phi) is 7.14. The highest BCUT2D eigenvalue weighted by molar-refractivity contribution is 7.98. The van der Waals surface area contributed by atoms with Gasteiger partial charge in [-0.05, 0) is 54.7 Å². The third-order valence-corrected chi connectivity index (χ3v) is 7.73. The normalized spacial score (nSPS) is 16.7. The number of hydrogen-bond donors (Lipinski definition) is 1. The topological polar surface area (TPSA) is 45.5 Å². The number of nitrogens with one attached hydrogen (secondary N) is 1. The molecular formula is C26H29BClN5S. The van der Waals surface area contributed by atoms with Crippen molar-refractivity contribution in [3.63, 3.8) is 0 Å². The van der Waals surface area contributed by atoms with Crippen LogP contribution in [-0.2, 0) is 6.54 Å². The SMILES string of the molecule is Bc1cnn2c(NCC3CCCN(Cc4ccccc4SC)C3)cc(-c3ccccc3Cl)nc12. The summed E-state index contributed by atoms with van der Waals surface area (Å²) in [7, 11) is 2.04. The second-order valence-electron chi connectivity index (χ2n) is 9.01. The van der Waals surface area contributed by atoms with Gasteiger partial charge in [-0.15, -0.1) is 11.8 Å². The maximum atomic E-state index is 6.49. The monoisotopic (exact) mass is 489 g/mol. The lowest BCUT2D eigenvalue weighted by Gasteiger charge is -2.33. The fourth-order valence-electron chi connectivity index (χ4n) is 4.79. The Labute approximate surface area is 211 Å². The molecule has 0 saturated carbocycles. The van der Waals surface area contributed by atoms with Crippen LogP contribution in [-0.4, -0.2) is 53.2 Å². The van der Waals surface area contributed by atoms with Gasteiger partial charge in [-0.2, -0.15) is 9.61 Å². The molecule has 8 heteroatoms. The average molecular weight is 490 g/mol. The first kappa shape index (κ1) is 23.3. The Morgan fingerprint density at radius 1 is 1.18 bits per heavy atom. The highest BCUT2D eigenvalue weighted by Crippen LogP contribution is 2.29. The molecule has 34 heavy (non-hydrogen) atoms. The minimum absolute atomic E-state index is 0.582. The fraction of sp³-hybridized carbons (Fsp3) is 0.308. The Hall–Kier alpha value is -2.48. The molecule has 2 aromatic carbocycles. The highest BCUT2D eigenvalue weighted by atomic mass is 35.5. The van der Waals surface area contributed by atoms with E-state index in [2.05, 4.69) is 51.9 Å². The first-order valence-corrected chi connectivity index (χ1v) is 13.4. The molecule has 3 heterocycles. The zero-order chi connectivity index (χ0) is 23.5. The summed E-state index contributed by atoms with van der Waals surface area (Å²) in [5.74, 6) is 1.54. The van der Waals surface area contributed by atoms with Gasteiger partial charge in [-0.1, -0.05) is 48.0 Å². The van der Waals surface area contributed by atoms with Gasteiger partial charge in [-0.25, -0.2) is 4.98 Å². The largest absolute Gasteiger partial charge is 0.370 e. The number of thioether (sulfide) groups is 1. The van der Waals surface area contributed by atoms with Crippen LogP contribution < -0.4 is 10.8 Å². The van der Waals surface area contributed by atoms with Crippen LogP contribution in [0.5, 0.6) is 0 Å². The van der Waals surface area contributed by atoms with Crippen LogP contribution in [0.4, 0.5) is 5.82 Å². The summed E-state index contributed by atoms with van der Waals surface area (Å²) in [6.07, 6.45) is 6.49. The third kappa shape index (κ3) is 4.97. The van der Waals surface area contributed by atoms with E-state index < -0.39 is 0 Å². The Bertz CT molecular complexity index is 1290. The van der Waals surface area contributed by atoms with Crippen LogP contribution in [0.1, 0.15) is 18.4 Å². The summed E-state index contributed by atoms with van der Waals surface area (Å²) in [5.41, 5.74) is 5.14. The van der Waals surface area contributed by atoms with E-state index in [1.54, 1.807) is 0 Å². The first-order chi connectivity index (χ1) is 16.6. The molecule has 1 fully saturated rings. The molecule has 4 aromatic rings. The third-order valence-electron chi connectivity index (χ3n) is 6.56. The van der Waals surface area contributed by atoms with Crippen molar-refractivity contribution in [2.75, 3.05) is 31.2 Å². The molecule has 0 radical (unpaired) electrons. The maximum absolute atomic E-state index is 6.49. The molecule has 5 rings (SSSR count). The van der Waals surface area contributed by atoms with E-state index in [9.17, 15) is 0 Å². The zero-order valence-corrected chi connectivity index (χ0v) is 21.2. The van der Waals surface area contributed by atoms with E-state index in [4.69, 9.17) is 16.6 Å². The van der Waals surface area contributed by atoms with E-state index in [0.717, 1.165) is 54.4 Å². The Balaban J connectivity index is 1.33. The van der Waals surface area contributed by atoms with Gasteiger partial charge in [0, 0.05) is 47.4 Å². The summed E-state index contributed by atoms with van der Waals surface area (Å²) in [6.45, 7) is 4.18. The number of hydrogen-bond acceptors (Lipinski definition) is 5. The number of anilines is 1. The van der Waals surface area contributed by atoms with Gasteiger partial charge in [0.15, 0.2) is 5.65 Å². The van der Waals surface area contributed by atoms with Crippen LogP contribution in [0.2, 0.25) is 5.02 Å². The van der Waals surface area contributed by atoms with E-state index >= 15 is 0 Å². The number of benzene rings is 2. The number of fused-ring (bicyclic) bond motifs is 1. The van der Waals surface area contributed by atoms with Gasteiger partial charge in [0.2, 0.25) is 0 Å². The van der Waals surface area contributed by atoms with Crippen LogP contribution >= 0.6 is 23.4 Å². The highest BCUT2D eigenvalue weighted by Gasteiger charge is 2.21. The van der Waals surface area contributed by atoms with E-state index in [1.807, 2.05) is 54.6 Å². The lowest BCUT2D eigenvalue weighted by molar-refractivity contribution is 0.172. The summed E-state index contributed by atoms with van der Waals surface area (Å²) in [4.78, 5) is 8.84. The van der Waals surface area contributed by atoms with Crippen molar-refractivity contribution in [1.82, 2.24) is 19.5 Å². The smallest absolute Gasteiger partial charge is 0.151 e. The van der Waals surface area contributed by atoms with Gasteiger partial charge in [0.05, 0.1) is 5.69 Å². The molecular weight excluding hydrogens is 461 g/mol. The summed E-state index contributed by atoms with van der Waals surface area (Å²) in [6, 6.07) is 18.7. The molecule has 2 aromatic heterocycles. The van der Waals surface area contributed by atoms with Gasteiger partial charge < -0.3 is 5.32 Å². The zero-order valence-electron chi connectivity index (χ0n) is 19.7. The molecule has 174 valence electrons. The molecule has 1 N–H and O–H groups in total. The minimum Gasteiger partial charge on any atom is -0.370 e. The summed E-state index contributed by atoms with van der Waals surface area (Å²) < 4.78 is 1.91.